The van der Waals surface area contributed by atoms with Gasteiger partial charge in [0.2, 0.25) is 5.91 Å². The molecule has 3 rings (SSSR count). The molecule has 1 aromatic rings. The van der Waals surface area contributed by atoms with Gasteiger partial charge in [-0.05, 0) is 76.7 Å². The van der Waals surface area contributed by atoms with Crippen molar-refractivity contribution in [2.24, 2.45) is 5.92 Å². The molecule has 0 aromatic heterocycles. The van der Waals surface area contributed by atoms with Crippen molar-refractivity contribution in [2.45, 2.75) is 45.6 Å². The molecule has 4 nitrogen and oxygen atoms in total. The van der Waals surface area contributed by atoms with E-state index < -0.39 is 0 Å². The number of benzene rings is 1. The first kappa shape index (κ1) is 16.5. The van der Waals surface area contributed by atoms with Crippen LogP contribution in [0.1, 0.15) is 36.8 Å². The number of carbonyl (C=O) groups excluding carboxylic acids is 1. The minimum absolute atomic E-state index is 0.106. The predicted octanol–water partition coefficient (Wildman–Crippen LogP) is 2.71. The average Bonchev–Trinajstić information content (AvgIpc) is 3.05. The highest BCUT2D eigenvalue weighted by molar-refractivity contribution is 5.93. The summed E-state index contributed by atoms with van der Waals surface area (Å²) in [4.78, 5) is 14.6. The van der Waals surface area contributed by atoms with Crippen molar-refractivity contribution in [3.05, 3.63) is 29.3 Å². The van der Waals surface area contributed by atoms with Crippen LogP contribution in [-0.4, -0.2) is 43.0 Å². The second-order valence-corrected chi connectivity index (χ2v) is 7.18. The minimum atomic E-state index is 0.106. The molecule has 126 valence electrons. The minimum Gasteiger partial charge on any atom is -0.325 e. The summed E-state index contributed by atoms with van der Waals surface area (Å²) in [6.07, 6.45) is 5.09. The van der Waals surface area contributed by atoms with Gasteiger partial charge >= 0.3 is 0 Å². The number of aryl methyl sites for hydroxylation is 2. The molecular weight excluding hydrogens is 286 g/mol. The summed E-state index contributed by atoms with van der Waals surface area (Å²) >= 11 is 0. The predicted molar refractivity (Wildman–Crippen MR) is 94.7 cm³/mol. The first-order valence-electron chi connectivity index (χ1n) is 8.94. The van der Waals surface area contributed by atoms with Crippen molar-refractivity contribution in [3.8, 4) is 0 Å². The molecule has 0 aliphatic carbocycles. The zero-order valence-electron chi connectivity index (χ0n) is 14.4. The Kier molecular flexibility index (Phi) is 5.34. The van der Waals surface area contributed by atoms with Gasteiger partial charge in [-0.25, -0.2) is 0 Å². The number of nitrogens with one attached hydrogen (secondary N) is 2. The van der Waals surface area contributed by atoms with Crippen molar-refractivity contribution < 1.29 is 4.79 Å². The molecule has 23 heavy (non-hydrogen) atoms. The molecule has 1 aromatic carbocycles. The summed E-state index contributed by atoms with van der Waals surface area (Å²) in [5.41, 5.74) is 3.29. The second kappa shape index (κ2) is 7.45. The Bertz CT molecular complexity index is 544. The van der Waals surface area contributed by atoms with Gasteiger partial charge < -0.3 is 10.6 Å². The number of hydrogen-bond acceptors (Lipinski definition) is 3. The van der Waals surface area contributed by atoms with Crippen LogP contribution in [0, 0.1) is 19.8 Å². The van der Waals surface area contributed by atoms with Gasteiger partial charge in [-0.15, -0.1) is 0 Å². The molecule has 0 spiro atoms. The van der Waals surface area contributed by atoms with E-state index in [9.17, 15) is 4.79 Å². The summed E-state index contributed by atoms with van der Waals surface area (Å²) in [6, 6.07) is 6.88. The third kappa shape index (κ3) is 4.33. The van der Waals surface area contributed by atoms with Crippen molar-refractivity contribution in [1.82, 2.24) is 10.2 Å². The van der Waals surface area contributed by atoms with E-state index in [1.54, 1.807) is 0 Å². The quantitative estimate of drug-likeness (QED) is 0.898. The van der Waals surface area contributed by atoms with Crippen molar-refractivity contribution in [3.63, 3.8) is 0 Å². The van der Waals surface area contributed by atoms with Crippen LogP contribution >= 0.6 is 0 Å². The standard InChI is InChI=1S/C19H29N3O/c1-14-5-6-17(15(2)12-14)21-19(23)13-22-10-7-16(8-11-22)18-4-3-9-20-18/h5-6,12,16,18,20H,3-4,7-11,13H2,1-2H3,(H,21,23). The molecule has 0 radical (unpaired) electrons. The van der Waals surface area contributed by atoms with E-state index in [1.165, 1.54) is 37.8 Å². The summed E-state index contributed by atoms with van der Waals surface area (Å²) < 4.78 is 0. The van der Waals surface area contributed by atoms with Crippen LogP contribution in [0.3, 0.4) is 0 Å². The molecule has 2 aliphatic heterocycles. The molecule has 2 heterocycles. The maximum absolute atomic E-state index is 12.3. The topological polar surface area (TPSA) is 44.4 Å². The van der Waals surface area contributed by atoms with Gasteiger partial charge in [0.25, 0.3) is 0 Å². The Hall–Kier alpha value is -1.39. The molecule has 0 bridgehead atoms. The number of carbonyl (C=O) groups is 1. The van der Waals surface area contributed by atoms with E-state index in [-0.39, 0.29) is 5.91 Å². The van der Waals surface area contributed by atoms with E-state index in [0.29, 0.717) is 6.54 Å². The number of amides is 1. The van der Waals surface area contributed by atoms with E-state index >= 15 is 0 Å². The van der Waals surface area contributed by atoms with E-state index in [4.69, 9.17) is 0 Å². The van der Waals surface area contributed by atoms with Crippen LogP contribution in [0.5, 0.6) is 0 Å². The Labute approximate surface area is 139 Å². The summed E-state index contributed by atoms with van der Waals surface area (Å²) in [5, 5.41) is 6.69. The van der Waals surface area contributed by atoms with Gasteiger partial charge in [0.15, 0.2) is 0 Å². The van der Waals surface area contributed by atoms with E-state index in [2.05, 4.69) is 28.5 Å². The fourth-order valence-electron chi connectivity index (χ4n) is 3.97. The lowest BCUT2D eigenvalue weighted by Crippen LogP contribution is -2.43. The van der Waals surface area contributed by atoms with Gasteiger partial charge in [0.05, 0.1) is 6.54 Å². The molecule has 2 fully saturated rings. The third-order valence-corrected chi connectivity index (χ3v) is 5.32. The number of nitrogens with zero attached hydrogens (tertiary/aromatic N) is 1. The molecule has 1 amide bonds. The maximum Gasteiger partial charge on any atom is 0.238 e. The monoisotopic (exact) mass is 315 g/mol. The zero-order valence-corrected chi connectivity index (χ0v) is 14.4. The second-order valence-electron chi connectivity index (χ2n) is 7.18. The fraction of sp³-hybridized carbons (Fsp3) is 0.632. The Balaban J connectivity index is 1.45. The SMILES string of the molecule is Cc1ccc(NC(=O)CN2CCC(C3CCCN3)CC2)c(C)c1. The highest BCUT2D eigenvalue weighted by atomic mass is 16.2. The van der Waals surface area contributed by atoms with Crippen LogP contribution in [0.15, 0.2) is 18.2 Å². The Morgan fingerprint density at radius 3 is 2.70 bits per heavy atom. The van der Waals surface area contributed by atoms with E-state index in [1.807, 2.05) is 19.1 Å². The van der Waals surface area contributed by atoms with Gasteiger partial charge in [-0.1, -0.05) is 17.7 Å². The molecule has 2 saturated heterocycles. The Morgan fingerprint density at radius 2 is 2.04 bits per heavy atom. The number of likely N-dealkylation sites (tertiary alicyclic amines) is 1. The molecule has 1 unspecified atom stereocenters. The lowest BCUT2D eigenvalue weighted by Gasteiger charge is -2.34. The van der Waals surface area contributed by atoms with Crippen molar-refractivity contribution >= 4 is 11.6 Å². The number of piperidine rings is 1. The van der Waals surface area contributed by atoms with Gasteiger partial charge in [-0.3, -0.25) is 9.69 Å². The zero-order chi connectivity index (χ0) is 16.2. The highest BCUT2D eigenvalue weighted by Crippen LogP contribution is 2.25. The van der Waals surface area contributed by atoms with Crippen LogP contribution in [0.2, 0.25) is 0 Å². The van der Waals surface area contributed by atoms with Gasteiger partial charge in [-0.2, -0.15) is 0 Å². The number of rotatable bonds is 4. The van der Waals surface area contributed by atoms with Gasteiger partial charge in [0, 0.05) is 11.7 Å². The van der Waals surface area contributed by atoms with Gasteiger partial charge in [0.1, 0.15) is 0 Å². The summed E-state index contributed by atoms with van der Waals surface area (Å²) in [7, 11) is 0. The largest absolute Gasteiger partial charge is 0.325 e. The Morgan fingerprint density at radius 1 is 1.26 bits per heavy atom. The molecule has 0 saturated carbocycles. The first-order chi connectivity index (χ1) is 11.1. The summed E-state index contributed by atoms with van der Waals surface area (Å²) in [6.45, 7) is 7.90. The molecule has 2 N–H and O–H groups in total. The fourth-order valence-corrected chi connectivity index (χ4v) is 3.97. The van der Waals surface area contributed by atoms with E-state index in [0.717, 1.165) is 36.3 Å². The summed E-state index contributed by atoms with van der Waals surface area (Å²) in [5.74, 6) is 0.908. The van der Waals surface area contributed by atoms with Crippen LogP contribution in [0.4, 0.5) is 5.69 Å². The first-order valence-corrected chi connectivity index (χ1v) is 8.94. The molecular formula is C19H29N3O. The lowest BCUT2D eigenvalue weighted by atomic mass is 9.88. The normalized spacial score (nSPS) is 23.1. The third-order valence-electron chi connectivity index (χ3n) is 5.32. The smallest absolute Gasteiger partial charge is 0.238 e. The molecule has 1 atom stereocenters. The van der Waals surface area contributed by atoms with Crippen molar-refractivity contribution in [1.29, 1.82) is 0 Å². The lowest BCUT2D eigenvalue weighted by molar-refractivity contribution is -0.117. The van der Waals surface area contributed by atoms with Crippen LogP contribution < -0.4 is 10.6 Å². The van der Waals surface area contributed by atoms with Crippen LogP contribution in [0.25, 0.3) is 0 Å². The number of hydrogen-bond donors (Lipinski definition) is 2. The highest BCUT2D eigenvalue weighted by Gasteiger charge is 2.28. The van der Waals surface area contributed by atoms with Crippen molar-refractivity contribution in [2.75, 3.05) is 31.5 Å². The molecule has 2 aliphatic rings. The maximum atomic E-state index is 12.3. The molecule has 4 heteroatoms. The number of anilines is 1. The van der Waals surface area contributed by atoms with Crippen LogP contribution in [-0.2, 0) is 4.79 Å². The average molecular weight is 315 g/mol.